The average molecular weight is 281 g/mol. The third-order valence-electron chi connectivity index (χ3n) is 3.68. The third kappa shape index (κ3) is 5.59. The topological polar surface area (TPSA) is 21.3 Å². The Bertz CT molecular complexity index is 364. The fourth-order valence-electron chi connectivity index (χ4n) is 2.32. The van der Waals surface area contributed by atoms with Crippen LogP contribution in [0.2, 0.25) is 0 Å². The second kappa shape index (κ2) is 9.09. The van der Waals surface area contributed by atoms with Crippen molar-refractivity contribution in [2.24, 2.45) is 5.92 Å². The number of nitrogens with one attached hydrogen (secondary N) is 1. The third-order valence-corrected chi connectivity index (χ3v) is 3.68. The summed E-state index contributed by atoms with van der Waals surface area (Å²) in [5, 5.41) is 3.68. The highest BCUT2D eigenvalue weighted by atomic mass is 19.1. The van der Waals surface area contributed by atoms with E-state index in [1.54, 1.807) is 7.11 Å². The lowest BCUT2D eigenvalue weighted by molar-refractivity contribution is 0.139. The van der Waals surface area contributed by atoms with Crippen molar-refractivity contribution < 1.29 is 9.13 Å². The average Bonchev–Trinajstić information content (AvgIpc) is 2.43. The molecule has 0 aliphatic rings. The van der Waals surface area contributed by atoms with Crippen molar-refractivity contribution in [1.29, 1.82) is 0 Å². The van der Waals surface area contributed by atoms with Gasteiger partial charge in [0.1, 0.15) is 5.82 Å². The van der Waals surface area contributed by atoms with Gasteiger partial charge in [-0.3, -0.25) is 0 Å². The number of rotatable bonds is 9. The molecule has 0 aliphatic carbocycles. The molecule has 114 valence electrons. The van der Waals surface area contributed by atoms with Gasteiger partial charge in [-0.25, -0.2) is 4.39 Å². The zero-order chi connectivity index (χ0) is 15.0. The van der Waals surface area contributed by atoms with E-state index in [9.17, 15) is 4.39 Å². The van der Waals surface area contributed by atoms with Crippen molar-refractivity contribution in [3.63, 3.8) is 0 Å². The number of ether oxygens (including phenoxy) is 1. The van der Waals surface area contributed by atoms with Crippen LogP contribution in [0.1, 0.15) is 51.6 Å². The molecule has 0 saturated carbocycles. The van der Waals surface area contributed by atoms with Crippen LogP contribution in [0.5, 0.6) is 0 Å². The van der Waals surface area contributed by atoms with E-state index in [4.69, 9.17) is 4.74 Å². The Labute approximate surface area is 122 Å². The summed E-state index contributed by atoms with van der Waals surface area (Å²) in [7, 11) is 1.73. The zero-order valence-electron chi connectivity index (χ0n) is 13.2. The van der Waals surface area contributed by atoms with Gasteiger partial charge in [0.2, 0.25) is 0 Å². The zero-order valence-corrected chi connectivity index (χ0v) is 13.2. The van der Waals surface area contributed by atoms with Gasteiger partial charge in [-0.2, -0.15) is 0 Å². The Balaban J connectivity index is 2.79. The van der Waals surface area contributed by atoms with Gasteiger partial charge in [0, 0.05) is 19.2 Å². The van der Waals surface area contributed by atoms with Crippen molar-refractivity contribution in [3.05, 3.63) is 35.6 Å². The van der Waals surface area contributed by atoms with Gasteiger partial charge in [-0.1, -0.05) is 45.7 Å². The van der Waals surface area contributed by atoms with E-state index >= 15 is 0 Å². The molecule has 2 unspecified atom stereocenters. The molecular formula is C17H28FNO. The summed E-state index contributed by atoms with van der Waals surface area (Å²) in [5.74, 6) is 0.319. The van der Waals surface area contributed by atoms with Crippen LogP contribution in [-0.4, -0.2) is 19.8 Å². The summed E-state index contributed by atoms with van der Waals surface area (Å²) in [6, 6.07) is 7.41. The SMILES string of the molecule is CCCCC(NC(COC)C(C)C)c1ccc(F)cc1. The lowest BCUT2D eigenvalue weighted by atomic mass is 9.97. The second-order valence-electron chi connectivity index (χ2n) is 5.72. The Hall–Kier alpha value is -0.930. The number of halogens is 1. The predicted molar refractivity (Wildman–Crippen MR) is 82.3 cm³/mol. The van der Waals surface area contributed by atoms with Gasteiger partial charge in [-0.05, 0) is 30.0 Å². The first-order valence-corrected chi connectivity index (χ1v) is 7.58. The molecule has 0 amide bonds. The van der Waals surface area contributed by atoms with Crippen LogP contribution in [0.25, 0.3) is 0 Å². The number of hydrogen-bond acceptors (Lipinski definition) is 2. The minimum Gasteiger partial charge on any atom is -0.383 e. The first-order chi connectivity index (χ1) is 9.58. The fourth-order valence-corrected chi connectivity index (χ4v) is 2.32. The first-order valence-electron chi connectivity index (χ1n) is 7.58. The lowest BCUT2D eigenvalue weighted by Crippen LogP contribution is -2.40. The van der Waals surface area contributed by atoms with Gasteiger partial charge in [0.25, 0.3) is 0 Å². The lowest BCUT2D eigenvalue weighted by Gasteiger charge is -2.28. The van der Waals surface area contributed by atoms with E-state index in [2.05, 4.69) is 26.1 Å². The van der Waals surface area contributed by atoms with E-state index in [0.29, 0.717) is 18.6 Å². The molecule has 3 heteroatoms. The number of hydrogen-bond donors (Lipinski definition) is 1. The van der Waals surface area contributed by atoms with E-state index < -0.39 is 0 Å². The maximum Gasteiger partial charge on any atom is 0.123 e. The number of methoxy groups -OCH3 is 1. The normalized spacial score (nSPS) is 14.5. The summed E-state index contributed by atoms with van der Waals surface area (Å²) < 4.78 is 18.4. The highest BCUT2D eigenvalue weighted by Crippen LogP contribution is 2.22. The van der Waals surface area contributed by atoms with Crippen molar-refractivity contribution in [1.82, 2.24) is 5.32 Å². The molecule has 1 aromatic carbocycles. The molecule has 0 saturated heterocycles. The van der Waals surface area contributed by atoms with Crippen LogP contribution in [-0.2, 0) is 4.74 Å². The molecule has 1 N–H and O–H groups in total. The van der Waals surface area contributed by atoms with E-state index in [-0.39, 0.29) is 11.9 Å². The maximum absolute atomic E-state index is 13.1. The van der Waals surface area contributed by atoms with Crippen molar-refractivity contribution in [3.8, 4) is 0 Å². The highest BCUT2D eigenvalue weighted by Gasteiger charge is 2.19. The molecule has 0 aliphatic heterocycles. The molecule has 0 bridgehead atoms. The molecule has 20 heavy (non-hydrogen) atoms. The predicted octanol–water partition coefficient (Wildman–Crippen LogP) is 4.32. The Morgan fingerprint density at radius 3 is 2.35 bits per heavy atom. The highest BCUT2D eigenvalue weighted by molar-refractivity contribution is 5.20. The first kappa shape index (κ1) is 17.1. The molecule has 0 aromatic heterocycles. The summed E-state index contributed by atoms with van der Waals surface area (Å²) in [6.07, 6.45) is 3.39. The minimum absolute atomic E-state index is 0.180. The Morgan fingerprint density at radius 1 is 1.20 bits per heavy atom. The van der Waals surface area contributed by atoms with E-state index in [1.165, 1.54) is 12.1 Å². The summed E-state index contributed by atoms with van der Waals surface area (Å²) in [6.45, 7) is 7.27. The molecule has 2 nitrogen and oxygen atoms in total. The molecule has 0 fully saturated rings. The summed E-state index contributed by atoms with van der Waals surface area (Å²) >= 11 is 0. The van der Waals surface area contributed by atoms with Crippen LogP contribution in [0.15, 0.2) is 24.3 Å². The fraction of sp³-hybridized carbons (Fsp3) is 0.647. The standard InChI is InChI=1S/C17H28FNO/c1-5-6-7-16(14-8-10-15(18)11-9-14)19-17(12-20-4)13(2)3/h8-11,13,16-17,19H,5-7,12H2,1-4H3. The number of unbranched alkanes of at least 4 members (excludes halogenated alkanes) is 1. The summed E-state index contributed by atoms with van der Waals surface area (Å²) in [5.41, 5.74) is 1.15. The molecule has 1 rings (SSSR count). The maximum atomic E-state index is 13.1. The number of benzene rings is 1. The minimum atomic E-state index is -0.180. The van der Waals surface area contributed by atoms with Crippen LogP contribution in [0.3, 0.4) is 0 Å². The van der Waals surface area contributed by atoms with Gasteiger partial charge in [-0.15, -0.1) is 0 Å². The molecule has 0 heterocycles. The van der Waals surface area contributed by atoms with Crippen molar-refractivity contribution in [2.45, 2.75) is 52.1 Å². The second-order valence-corrected chi connectivity index (χ2v) is 5.72. The molecular weight excluding hydrogens is 253 g/mol. The molecule has 0 spiro atoms. The van der Waals surface area contributed by atoms with E-state index in [0.717, 1.165) is 24.8 Å². The van der Waals surface area contributed by atoms with Gasteiger partial charge < -0.3 is 10.1 Å². The smallest absolute Gasteiger partial charge is 0.123 e. The van der Waals surface area contributed by atoms with Crippen molar-refractivity contribution in [2.75, 3.05) is 13.7 Å². The van der Waals surface area contributed by atoms with Crippen molar-refractivity contribution >= 4 is 0 Å². The Morgan fingerprint density at radius 2 is 1.85 bits per heavy atom. The molecule has 1 aromatic rings. The van der Waals surface area contributed by atoms with Gasteiger partial charge >= 0.3 is 0 Å². The van der Waals surface area contributed by atoms with Crippen LogP contribution in [0, 0.1) is 11.7 Å². The summed E-state index contributed by atoms with van der Waals surface area (Å²) in [4.78, 5) is 0. The quantitative estimate of drug-likeness (QED) is 0.728. The van der Waals surface area contributed by atoms with Gasteiger partial charge in [0.15, 0.2) is 0 Å². The van der Waals surface area contributed by atoms with Crippen LogP contribution < -0.4 is 5.32 Å². The van der Waals surface area contributed by atoms with Crippen LogP contribution >= 0.6 is 0 Å². The van der Waals surface area contributed by atoms with E-state index in [1.807, 2.05) is 12.1 Å². The van der Waals surface area contributed by atoms with Gasteiger partial charge in [0.05, 0.1) is 6.61 Å². The van der Waals surface area contributed by atoms with Crippen LogP contribution in [0.4, 0.5) is 4.39 Å². The molecule has 2 atom stereocenters. The monoisotopic (exact) mass is 281 g/mol. The Kier molecular flexibility index (Phi) is 7.78. The largest absolute Gasteiger partial charge is 0.383 e. The molecule has 0 radical (unpaired) electrons.